The summed E-state index contributed by atoms with van der Waals surface area (Å²) >= 11 is 0. The van der Waals surface area contributed by atoms with Gasteiger partial charge < -0.3 is 10.1 Å². The lowest BCUT2D eigenvalue weighted by Crippen LogP contribution is -2.27. The minimum atomic E-state index is -3.85. The van der Waals surface area contributed by atoms with Gasteiger partial charge in [-0.3, -0.25) is 0 Å². The number of hydrogen-bond acceptors (Lipinski definition) is 7. The molecule has 1 N–H and O–H groups in total. The van der Waals surface area contributed by atoms with E-state index in [1.807, 2.05) is 4.68 Å². The van der Waals surface area contributed by atoms with Crippen LogP contribution in [0.2, 0.25) is 0 Å². The van der Waals surface area contributed by atoms with Gasteiger partial charge in [0.05, 0.1) is 28.9 Å². The number of amidine groups is 1. The van der Waals surface area contributed by atoms with Gasteiger partial charge in [-0.25, -0.2) is 14.5 Å². The van der Waals surface area contributed by atoms with Crippen LogP contribution in [0.1, 0.15) is 61.1 Å². The van der Waals surface area contributed by atoms with Crippen molar-refractivity contribution in [3.05, 3.63) is 47.8 Å². The number of fused-ring (bicyclic) bond motifs is 2. The summed E-state index contributed by atoms with van der Waals surface area (Å²) in [5.74, 6) is -0.166. The van der Waals surface area contributed by atoms with Gasteiger partial charge in [0.15, 0.2) is 18.1 Å². The molecular formula is C22H23N5O4S. The molecule has 1 aliphatic carbocycles. The Bertz CT molecular complexity index is 1360. The number of sulfonamides is 1. The van der Waals surface area contributed by atoms with Crippen molar-refractivity contribution < 1.29 is 17.9 Å². The van der Waals surface area contributed by atoms with Crippen LogP contribution in [-0.4, -0.2) is 41.6 Å². The van der Waals surface area contributed by atoms with Crippen LogP contribution < -0.4 is 5.32 Å². The molecule has 2 aliphatic rings. The molecule has 1 aliphatic heterocycles. The first-order valence-corrected chi connectivity index (χ1v) is 12.1. The van der Waals surface area contributed by atoms with Crippen molar-refractivity contribution in [1.29, 1.82) is 0 Å². The molecule has 32 heavy (non-hydrogen) atoms. The van der Waals surface area contributed by atoms with E-state index in [2.05, 4.69) is 28.7 Å². The predicted octanol–water partition coefficient (Wildman–Crippen LogP) is 3.65. The normalized spacial score (nSPS) is 17.9. The monoisotopic (exact) mass is 453 g/mol. The van der Waals surface area contributed by atoms with Crippen molar-refractivity contribution >= 4 is 38.5 Å². The topological polar surface area (TPSA) is 116 Å². The van der Waals surface area contributed by atoms with Gasteiger partial charge in [0, 0.05) is 11.6 Å². The first-order valence-electron chi connectivity index (χ1n) is 10.6. The fraction of sp³-hybridized carbons (Fsp3) is 0.364. The zero-order valence-corrected chi connectivity index (χ0v) is 18.6. The van der Waals surface area contributed by atoms with Crippen LogP contribution in [0.15, 0.2) is 45.8 Å². The number of carbonyl (C=O) groups excluding carboxylic acids is 1. The van der Waals surface area contributed by atoms with Crippen LogP contribution in [0.3, 0.4) is 0 Å². The lowest BCUT2D eigenvalue weighted by molar-refractivity contribution is 0.0565. The van der Waals surface area contributed by atoms with E-state index in [1.54, 1.807) is 30.5 Å². The molecule has 3 aromatic rings. The molecule has 0 saturated heterocycles. The SMILES string of the molecule is CCC(C)n1ncc2c(C(=O)OCC3=NS(=O)(=O)c4ccccc4N3)cc(C3CC3)nc21. The van der Waals surface area contributed by atoms with Gasteiger partial charge in [-0.05, 0) is 44.4 Å². The number of pyridine rings is 1. The Morgan fingerprint density at radius 1 is 1.31 bits per heavy atom. The molecule has 1 unspecified atom stereocenters. The Morgan fingerprint density at radius 2 is 2.09 bits per heavy atom. The number of nitrogens with zero attached hydrogens (tertiary/aromatic N) is 4. The van der Waals surface area contributed by atoms with Gasteiger partial charge >= 0.3 is 5.97 Å². The van der Waals surface area contributed by atoms with Crippen LogP contribution in [-0.2, 0) is 14.8 Å². The molecule has 1 saturated carbocycles. The first kappa shape index (κ1) is 20.6. The molecule has 0 bridgehead atoms. The van der Waals surface area contributed by atoms with Gasteiger partial charge in [-0.2, -0.15) is 13.5 Å². The molecule has 0 spiro atoms. The largest absolute Gasteiger partial charge is 0.454 e. The number of aromatic nitrogens is 3. The molecule has 5 rings (SSSR count). The van der Waals surface area contributed by atoms with Gasteiger partial charge in [0.2, 0.25) is 0 Å². The molecule has 2 aromatic heterocycles. The van der Waals surface area contributed by atoms with Crippen molar-refractivity contribution in [2.45, 2.75) is 50.0 Å². The third-order valence-electron chi connectivity index (χ3n) is 5.82. The van der Waals surface area contributed by atoms with E-state index in [9.17, 15) is 13.2 Å². The third kappa shape index (κ3) is 3.64. The van der Waals surface area contributed by atoms with Gasteiger partial charge in [-0.1, -0.05) is 19.1 Å². The second-order valence-corrected chi connectivity index (χ2v) is 9.74. The van der Waals surface area contributed by atoms with Crippen molar-refractivity contribution in [2.24, 2.45) is 4.40 Å². The summed E-state index contributed by atoms with van der Waals surface area (Å²) in [6.45, 7) is 3.83. The zero-order valence-electron chi connectivity index (χ0n) is 17.8. The molecule has 1 aromatic carbocycles. The number of carbonyl (C=O) groups is 1. The average Bonchev–Trinajstić information content (AvgIpc) is 3.55. The van der Waals surface area contributed by atoms with Gasteiger partial charge in [0.25, 0.3) is 10.0 Å². The Balaban J connectivity index is 1.43. The molecule has 1 atom stereocenters. The summed E-state index contributed by atoms with van der Waals surface area (Å²) in [7, 11) is -3.85. The predicted molar refractivity (Wildman–Crippen MR) is 119 cm³/mol. The molecule has 1 fully saturated rings. The van der Waals surface area contributed by atoms with E-state index in [1.165, 1.54) is 6.07 Å². The molecular weight excluding hydrogens is 430 g/mol. The molecule has 0 amide bonds. The highest BCUT2D eigenvalue weighted by molar-refractivity contribution is 7.90. The first-order chi connectivity index (χ1) is 15.4. The van der Waals surface area contributed by atoms with E-state index in [-0.39, 0.29) is 23.4 Å². The number of hydrogen-bond donors (Lipinski definition) is 1. The molecule has 166 valence electrons. The number of nitrogens with one attached hydrogen (secondary N) is 1. The smallest absolute Gasteiger partial charge is 0.339 e. The summed E-state index contributed by atoms with van der Waals surface area (Å²) in [4.78, 5) is 17.9. The second-order valence-electron chi connectivity index (χ2n) is 8.16. The Labute approximate surface area is 185 Å². The molecule has 9 nitrogen and oxygen atoms in total. The highest BCUT2D eigenvalue weighted by Gasteiger charge is 2.29. The third-order valence-corrected chi connectivity index (χ3v) is 7.20. The molecule has 3 heterocycles. The zero-order chi connectivity index (χ0) is 22.5. The van der Waals surface area contributed by atoms with Crippen LogP contribution >= 0.6 is 0 Å². The quantitative estimate of drug-likeness (QED) is 0.566. The van der Waals surface area contributed by atoms with Crippen molar-refractivity contribution in [3.8, 4) is 0 Å². The number of rotatable bonds is 6. The number of ether oxygens (including phenoxy) is 1. The minimum absolute atomic E-state index is 0.0556. The molecule has 10 heteroatoms. The Morgan fingerprint density at radius 3 is 2.84 bits per heavy atom. The number of benzene rings is 1. The standard InChI is InChI=1S/C22H23N5O4S/c1-3-13(2)27-21-16(11-23-27)15(10-18(25-21)14-8-9-14)22(28)31-12-20-24-17-6-4-5-7-19(17)32(29,30)26-20/h4-7,10-11,13-14H,3,8-9,12H2,1-2H3,(H,24,26). The van der Waals surface area contributed by atoms with Crippen LogP contribution in [0.4, 0.5) is 5.69 Å². The number of anilines is 1. The van der Waals surface area contributed by atoms with E-state index < -0.39 is 16.0 Å². The minimum Gasteiger partial charge on any atom is -0.454 e. The Kier molecular flexibility index (Phi) is 4.96. The van der Waals surface area contributed by atoms with Gasteiger partial charge in [0.1, 0.15) is 4.90 Å². The van der Waals surface area contributed by atoms with Crippen LogP contribution in [0.5, 0.6) is 0 Å². The van der Waals surface area contributed by atoms with Crippen molar-refractivity contribution in [1.82, 2.24) is 14.8 Å². The highest BCUT2D eigenvalue weighted by atomic mass is 32.2. The lowest BCUT2D eigenvalue weighted by atomic mass is 10.1. The van der Waals surface area contributed by atoms with E-state index in [0.29, 0.717) is 28.2 Å². The Hall–Kier alpha value is -3.27. The van der Waals surface area contributed by atoms with Crippen molar-refractivity contribution in [3.63, 3.8) is 0 Å². The number of esters is 1. The van der Waals surface area contributed by atoms with Crippen molar-refractivity contribution in [2.75, 3.05) is 11.9 Å². The van der Waals surface area contributed by atoms with Crippen LogP contribution in [0, 0.1) is 0 Å². The number of para-hydroxylation sites is 1. The summed E-state index contributed by atoms with van der Waals surface area (Å²) in [5.41, 5.74) is 2.32. The van der Waals surface area contributed by atoms with E-state index >= 15 is 0 Å². The highest BCUT2D eigenvalue weighted by Crippen LogP contribution is 2.40. The van der Waals surface area contributed by atoms with Gasteiger partial charge in [-0.15, -0.1) is 4.40 Å². The summed E-state index contributed by atoms with van der Waals surface area (Å²) in [6.07, 6.45) is 4.61. The summed E-state index contributed by atoms with van der Waals surface area (Å²) in [6, 6.07) is 8.38. The molecule has 0 radical (unpaired) electrons. The van der Waals surface area contributed by atoms with E-state index in [4.69, 9.17) is 9.72 Å². The maximum atomic E-state index is 13.0. The maximum absolute atomic E-state index is 13.0. The summed E-state index contributed by atoms with van der Waals surface area (Å²) < 4.78 is 35.9. The second kappa shape index (κ2) is 7.70. The fourth-order valence-electron chi connectivity index (χ4n) is 3.73. The summed E-state index contributed by atoms with van der Waals surface area (Å²) in [5, 5.41) is 8.00. The maximum Gasteiger partial charge on any atom is 0.339 e. The lowest BCUT2D eigenvalue weighted by Gasteiger charge is -2.18. The fourth-order valence-corrected chi connectivity index (χ4v) is 4.87. The average molecular weight is 454 g/mol. The van der Waals surface area contributed by atoms with E-state index in [0.717, 1.165) is 25.0 Å². The van der Waals surface area contributed by atoms with Crippen LogP contribution in [0.25, 0.3) is 11.0 Å².